The number of anilines is 1. The lowest BCUT2D eigenvalue weighted by atomic mass is 10.3. The van der Waals surface area contributed by atoms with Crippen LogP contribution in [-0.4, -0.2) is 42.5 Å². The summed E-state index contributed by atoms with van der Waals surface area (Å²) in [6.07, 6.45) is 0. The van der Waals surface area contributed by atoms with Crippen molar-refractivity contribution >= 4 is 45.1 Å². The highest BCUT2D eigenvalue weighted by Crippen LogP contribution is 2.26. The van der Waals surface area contributed by atoms with Gasteiger partial charge in [-0.1, -0.05) is 18.2 Å². The predicted octanol–water partition coefficient (Wildman–Crippen LogP) is 2.03. The van der Waals surface area contributed by atoms with Gasteiger partial charge in [-0.3, -0.25) is 24.5 Å². The van der Waals surface area contributed by atoms with Crippen molar-refractivity contribution < 1.29 is 28.8 Å². The van der Waals surface area contributed by atoms with Gasteiger partial charge in [0.05, 0.1) is 10.6 Å². The van der Waals surface area contributed by atoms with E-state index in [1.807, 2.05) is 0 Å². The molecule has 152 valence electrons. The molecule has 0 aliphatic carbocycles. The number of nitrogens with zero attached hydrogens (tertiary/aromatic N) is 1. The molecule has 0 aliphatic heterocycles. The summed E-state index contributed by atoms with van der Waals surface area (Å²) in [5, 5.41) is 15.4. The lowest BCUT2D eigenvalue weighted by Gasteiger charge is -2.09. The number of hydrogen-bond donors (Lipinski definition) is 2. The number of non-ortho nitro benzene ring substituents is 1. The normalized spacial score (nSPS) is 9.97. The molecule has 2 amide bonds. The van der Waals surface area contributed by atoms with E-state index in [0.717, 1.165) is 0 Å². The average molecular weight is 466 g/mol. The van der Waals surface area contributed by atoms with Crippen LogP contribution in [0.2, 0.25) is 0 Å². The summed E-state index contributed by atoms with van der Waals surface area (Å²) in [4.78, 5) is 45.2. The molecule has 0 saturated carbocycles. The van der Waals surface area contributed by atoms with Crippen molar-refractivity contribution in [1.82, 2.24) is 5.32 Å². The van der Waals surface area contributed by atoms with E-state index in [-0.39, 0.29) is 18.0 Å². The van der Waals surface area contributed by atoms with Gasteiger partial charge in [0.1, 0.15) is 12.3 Å². The van der Waals surface area contributed by atoms with Crippen LogP contribution in [0, 0.1) is 10.1 Å². The molecule has 29 heavy (non-hydrogen) atoms. The number of nitro groups is 1. The van der Waals surface area contributed by atoms with Gasteiger partial charge >= 0.3 is 5.97 Å². The number of halogens is 1. The molecule has 0 fully saturated rings. The Labute approximate surface area is 173 Å². The number of hydrogen-bond acceptors (Lipinski definition) is 7. The molecule has 0 saturated heterocycles. The summed E-state index contributed by atoms with van der Waals surface area (Å²) in [7, 11) is 0. The van der Waals surface area contributed by atoms with Crippen molar-refractivity contribution in [1.29, 1.82) is 0 Å². The molecular weight excluding hydrogens is 450 g/mol. The molecule has 0 radical (unpaired) electrons. The van der Waals surface area contributed by atoms with Gasteiger partial charge in [-0.15, -0.1) is 0 Å². The SMILES string of the molecule is O=C(COc1ccccc1)NCC(=O)OCC(=O)Nc1ccc([N+](=O)[O-])cc1Br. The molecule has 10 nitrogen and oxygen atoms in total. The van der Waals surface area contributed by atoms with Crippen molar-refractivity contribution in [2.75, 3.05) is 25.1 Å². The second-order valence-electron chi connectivity index (χ2n) is 5.51. The molecule has 2 N–H and O–H groups in total. The Kier molecular flexibility index (Phi) is 8.10. The Morgan fingerprint density at radius 1 is 1.03 bits per heavy atom. The lowest BCUT2D eigenvalue weighted by molar-refractivity contribution is -0.384. The molecule has 0 spiro atoms. The van der Waals surface area contributed by atoms with Crippen LogP contribution in [0.15, 0.2) is 53.0 Å². The average Bonchev–Trinajstić information content (AvgIpc) is 2.71. The minimum Gasteiger partial charge on any atom is -0.484 e. The number of ether oxygens (including phenoxy) is 2. The zero-order valence-electron chi connectivity index (χ0n) is 14.9. The summed E-state index contributed by atoms with van der Waals surface area (Å²) in [5.74, 6) is -1.47. The zero-order valence-corrected chi connectivity index (χ0v) is 16.5. The number of carbonyl (C=O) groups is 3. The smallest absolute Gasteiger partial charge is 0.325 e. The van der Waals surface area contributed by atoms with Gasteiger partial charge < -0.3 is 20.1 Å². The summed E-state index contributed by atoms with van der Waals surface area (Å²) >= 11 is 3.11. The minimum atomic E-state index is -0.809. The maximum atomic E-state index is 11.8. The Balaban J connectivity index is 1.68. The van der Waals surface area contributed by atoms with E-state index in [0.29, 0.717) is 10.2 Å². The number of rotatable bonds is 9. The molecule has 0 heterocycles. The number of amides is 2. The van der Waals surface area contributed by atoms with Gasteiger partial charge in [0.25, 0.3) is 17.5 Å². The van der Waals surface area contributed by atoms with Gasteiger partial charge in [-0.05, 0) is 34.1 Å². The number of carbonyl (C=O) groups excluding carboxylic acids is 3. The van der Waals surface area contributed by atoms with Gasteiger partial charge in [0, 0.05) is 16.6 Å². The van der Waals surface area contributed by atoms with Crippen LogP contribution in [0.1, 0.15) is 0 Å². The largest absolute Gasteiger partial charge is 0.484 e. The highest BCUT2D eigenvalue weighted by atomic mass is 79.9. The van der Waals surface area contributed by atoms with Crippen LogP contribution in [0.25, 0.3) is 0 Å². The first-order valence-corrected chi connectivity index (χ1v) is 8.98. The standard InChI is InChI=1S/C18H16BrN3O7/c19-14-8-12(22(26)27)6-7-15(14)21-17(24)11-29-18(25)9-20-16(23)10-28-13-4-2-1-3-5-13/h1-8H,9-11H2,(H,20,23)(H,21,24). The molecule has 0 bridgehead atoms. The third kappa shape index (κ3) is 7.58. The fourth-order valence-corrected chi connectivity index (χ4v) is 2.46. The van der Waals surface area contributed by atoms with Crippen LogP contribution < -0.4 is 15.4 Å². The molecule has 0 aromatic heterocycles. The highest BCUT2D eigenvalue weighted by molar-refractivity contribution is 9.10. The second kappa shape index (κ2) is 10.8. The van der Waals surface area contributed by atoms with E-state index in [2.05, 4.69) is 26.6 Å². The van der Waals surface area contributed by atoms with E-state index in [4.69, 9.17) is 9.47 Å². The Bertz CT molecular complexity index is 906. The van der Waals surface area contributed by atoms with Crippen molar-refractivity contribution in [3.63, 3.8) is 0 Å². The summed E-state index contributed by atoms with van der Waals surface area (Å²) in [6, 6.07) is 12.5. The van der Waals surface area contributed by atoms with Gasteiger partial charge in [-0.2, -0.15) is 0 Å². The van der Waals surface area contributed by atoms with E-state index >= 15 is 0 Å². The second-order valence-corrected chi connectivity index (χ2v) is 6.36. The van der Waals surface area contributed by atoms with Crippen LogP contribution >= 0.6 is 15.9 Å². The fourth-order valence-electron chi connectivity index (χ4n) is 1.99. The highest BCUT2D eigenvalue weighted by Gasteiger charge is 2.13. The quantitative estimate of drug-likeness (QED) is 0.328. The van der Waals surface area contributed by atoms with Crippen LogP contribution in [0.5, 0.6) is 5.75 Å². The summed E-state index contributed by atoms with van der Waals surface area (Å²) in [6.45, 7) is -1.28. The molecule has 0 unspecified atom stereocenters. The van der Waals surface area contributed by atoms with E-state index in [1.165, 1.54) is 18.2 Å². The van der Waals surface area contributed by atoms with Crippen molar-refractivity contribution in [3.8, 4) is 5.75 Å². The minimum absolute atomic E-state index is 0.145. The molecule has 0 aliphatic rings. The van der Waals surface area contributed by atoms with Gasteiger partial charge in [0.15, 0.2) is 13.2 Å². The molecule has 2 rings (SSSR count). The first-order chi connectivity index (χ1) is 13.8. The molecule has 0 atom stereocenters. The van der Waals surface area contributed by atoms with Crippen LogP contribution in [-0.2, 0) is 19.1 Å². The Morgan fingerprint density at radius 2 is 1.76 bits per heavy atom. The van der Waals surface area contributed by atoms with E-state index in [9.17, 15) is 24.5 Å². The topological polar surface area (TPSA) is 137 Å². The lowest BCUT2D eigenvalue weighted by Crippen LogP contribution is -2.35. The number of nitrogens with one attached hydrogen (secondary N) is 2. The van der Waals surface area contributed by atoms with Crippen LogP contribution in [0.4, 0.5) is 11.4 Å². The maximum absolute atomic E-state index is 11.8. The number of para-hydroxylation sites is 1. The van der Waals surface area contributed by atoms with E-state index in [1.54, 1.807) is 30.3 Å². The molecule has 2 aromatic rings. The monoisotopic (exact) mass is 465 g/mol. The Hall–Kier alpha value is -3.47. The fraction of sp³-hybridized carbons (Fsp3) is 0.167. The van der Waals surface area contributed by atoms with Crippen molar-refractivity contribution in [2.24, 2.45) is 0 Å². The van der Waals surface area contributed by atoms with Crippen LogP contribution in [0.3, 0.4) is 0 Å². The maximum Gasteiger partial charge on any atom is 0.325 e. The summed E-state index contributed by atoms with van der Waals surface area (Å²) in [5.41, 5.74) is 0.135. The number of benzene rings is 2. The number of nitro benzene ring substituents is 1. The first-order valence-electron chi connectivity index (χ1n) is 8.19. The third-order valence-electron chi connectivity index (χ3n) is 3.34. The zero-order chi connectivity index (χ0) is 21.2. The predicted molar refractivity (Wildman–Crippen MR) is 105 cm³/mol. The molecule has 11 heteroatoms. The van der Waals surface area contributed by atoms with Gasteiger partial charge in [-0.25, -0.2) is 0 Å². The van der Waals surface area contributed by atoms with Gasteiger partial charge in [0.2, 0.25) is 0 Å². The first kappa shape index (κ1) is 21.8. The van der Waals surface area contributed by atoms with E-state index < -0.39 is 35.9 Å². The Morgan fingerprint density at radius 3 is 2.41 bits per heavy atom. The van der Waals surface area contributed by atoms with Crippen molar-refractivity contribution in [2.45, 2.75) is 0 Å². The molecular formula is C18H16BrN3O7. The van der Waals surface area contributed by atoms with Crippen molar-refractivity contribution in [3.05, 3.63) is 63.1 Å². The molecule has 2 aromatic carbocycles. The number of esters is 1. The third-order valence-corrected chi connectivity index (χ3v) is 4.00. The summed E-state index contributed by atoms with van der Waals surface area (Å²) < 4.78 is 10.3.